The van der Waals surface area contributed by atoms with Crippen LogP contribution in [0.1, 0.15) is 32.6 Å². The van der Waals surface area contributed by atoms with Crippen LogP contribution in [0.25, 0.3) is 0 Å². The first kappa shape index (κ1) is 15.1. The molecule has 2 fully saturated rings. The summed E-state index contributed by atoms with van der Waals surface area (Å²) in [6, 6.07) is 1.28. The molecule has 21 heavy (non-hydrogen) atoms. The highest BCUT2D eigenvalue weighted by Crippen LogP contribution is 2.49. The van der Waals surface area contributed by atoms with Crippen molar-refractivity contribution >= 4 is 27.4 Å². The highest BCUT2D eigenvalue weighted by atomic mass is 35.5. The lowest BCUT2D eigenvalue weighted by Gasteiger charge is -2.28. The number of pyridine rings is 1. The molecule has 0 radical (unpaired) electrons. The minimum Gasteiger partial charge on any atom is -0.382 e. The monoisotopic (exact) mass is 329 g/mol. The molecule has 1 aromatic rings. The van der Waals surface area contributed by atoms with E-state index in [4.69, 9.17) is 17.3 Å². The van der Waals surface area contributed by atoms with Crippen LogP contribution in [0.15, 0.2) is 17.2 Å². The van der Waals surface area contributed by atoms with Gasteiger partial charge in [0.1, 0.15) is 10.7 Å². The van der Waals surface area contributed by atoms with Gasteiger partial charge in [0.2, 0.25) is 10.0 Å². The van der Waals surface area contributed by atoms with Crippen LogP contribution < -0.4 is 10.5 Å². The molecule has 116 valence electrons. The molecule has 0 amide bonds. The number of nitrogens with one attached hydrogen (secondary N) is 1. The fraction of sp³-hybridized carbons (Fsp3) is 0.643. The van der Waals surface area contributed by atoms with Gasteiger partial charge in [-0.05, 0) is 50.0 Å². The van der Waals surface area contributed by atoms with Gasteiger partial charge < -0.3 is 5.73 Å². The summed E-state index contributed by atoms with van der Waals surface area (Å²) >= 11 is 5.86. The predicted molar refractivity (Wildman–Crippen MR) is 82.4 cm³/mol. The van der Waals surface area contributed by atoms with E-state index in [-0.39, 0.29) is 21.8 Å². The minimum absolute atomic E-state index is 0.0664. The molecule has 3 rings (SSSR count). The van der Waals surface area contributed by atoms with E-state index in [9.17, 15) is 8.42 Å². The Labute approximate surface area is 130 Å². The second kappa shape index (κ2) is 5.41. The second-order valence-electron chi connectivity index (χ2n) is 6.29. The lowest BCUT2D eigenvalue weighted by atomic mass is 9.84. The topological polar surface area (TPSA) is 85.1 Å². The highest BCUT2D eigenvalue weighted by Gasteiger charge is 2.42. The van der Waals surface area contributed by atoms with Gasteiger partial charge in [-0.2, -0.15) is 0 Å². The van der Waals surface area contributed by atoms with Crippen molar-refractivity contribution in [3.63, 3.8) is 0 Å². The first-order chi connectivity index (χ1) is 9.87. The fourth-order valence-electron chi connectivity index (χ4n) is 3.88. The number of nitrogen functional groups attached to an aromatic ring is 1. The van der Waals surface area contributed by atoms with E-state index in [1.165, 1.54) is 31.5 Å². The van der Waals surface area contributed by atoms with Gasteiger partial charge in [0.05, 0.1) is 5.02 Å². The Morgan fingerprint density at radius 3 is 2.76 bits per heavy atom. The number of sulfonamides is 1. The van der Waals surface area contributed by atoms with Gasteiger partial charge in [-0.25, -0.2) is 18.1 Å². The molecule has 0 saturated heterocycles. The maximum atomic E-state index is 12.4. The molecule has 4 atom stereocenters. The SMILES string of the molecule is CC(NS(=O)(=O)c1cnc(N)c(Cl)c1)C1CC2CCC1C2. The zero-order valence-electron chi connectivity index (χ0n) is 11.9. The van der Waals surface area contributed by atoms with E-state index >= 15 is 0 Å². The first-order valence-electron chi connectivity index (χ1n) is 7.30. The van der Waals surface area contributed by atoms with Crippen LogP contribution in [0.2, 0.25) is 5.02 Å². The van der Waals surface area contributed by atoms with Crippen molar-refractivity contribution in [3.8, 4) is 0 Å². The van der Waals surface area contributed by atoms with Crippen LogP contribution in [0.5, 0.6) is 0 Å². The third kappa shape index (κ3) is 2.89. The average molecular weight is 330 g/mol. The van der Waals surface area contributed by atoms with Crippen LogP contribution >= 0.6 is 11.6 Å². The molecular weight excluding hydrogens is 310 g/mol. The van der Waals surface area contributed by atoms with Crippen LogP contribution in [0.3, 0.4) is 0 Å². The Morgan fingerprint density at radius 1 is 1.43 bits per heavy atom. The number of rotatable bonds is 4. The Bertz CT molecular complexity index is 650. The molecule has 2 saturated carbocycles. The van der Waals surface area contributed by atoms with Gasteiger partial charge in [0.15, 0.2) is 0 Å². The number of anilines is 1. The summed E-state index contributed by atoms with van der Waals surface area (Å²) in [6.07, 6.45) is 6.17. The number of fused-ring (bicyclic) bond motifs is 2. The average Bonchev–Trinajstić information content (AvgIpc) is 3.03. The number of nitrogens with two attached hydrogens (primary N) is 1. The molecule has 3 N–H and O–H groups in total. The Hall–Kier alpha value is -0.850. The Kier molecular flexibility index (Phi) is 3.88. The van der Waals surface area contributed by atoms with Crippen molar-refractivity contribution in [2.24, 2.45) is 17.8 Å². The van der Waals surface area contributed by atoms with Gasteiger partial charge in [0.25, 0.3) is 0 Å². The van der Waals surface area contributed by atoms with E-state index in [0.29, 0.717) is 11.8 Å². The summed E-state index contributed by atoms with van der Waals surface area (Å²) in [5.74, 6) is 2.04. The molecule has 2 aliphatic carbocycles. The van der Waals surface area contributed by atoms with Gasteiger partial charge in [-0.3, -0.25) is 0 Å². The van der Waals surface area contributed by atoms with Crippen molar-refractivity contribution < 1.29 is 8.42 Å². The van der Waals surface area contributed by atoms with Gasteiger partial charge in [-0.1, -0.05) is 18.0 Å². The predicted octanol–water partition coefficient (Wildman–Crippen LogP) is 2.42. The number of nitrogens with zero attached hydrogens (tertiary/aromatic N) is 1. The molecule has 1 heterocycles. The molecule has 0 aromatic carbocycles. The number of aromatic nitrogens is 1. The third-order valence-electron chi connectivity index (χ3n) is 4.93. The molecule has 0 aliphatic heterocycles. The zero-order valence-corrected chi connectivity index (χ0v) is 13.5. The molecule has 4 unspecified atom stereocenters. The van der Waals surface area contributed by atoms with Crippen molar-refractivity contribution in [1.82, 2.24) is 9.71 Å². The normalized spacial score (nSPS) is 29.7. The smallest absolute Gasteiger partial charge is 0.242 e. The highest BCUT2D eigenvalue weighted by molar-refractivity contribution is 7.89. The van der Waals surface area contributed by atoms with Crippen molar-refractivity contribution in [3.05, 3.63) is 17.3 Å². The van der Waals surface area contributed by atoms with Crippen molar-refractivity contribution in [2.45, 2.75) is 43.5 Å². The van der Waals surface area contributed by atoms with Gasteiger partial charge >= 0.3 is 0 Å². The molecule has 5 nitrogen and oxygen atoms in total. The van der Waals surface area contributed by atoms with Crippen LogP contribution in [-0.2, 0) is 10.0 Å². The summed E-state index contributed by atoms with van der Waals surface area (Å²) in [5, 5.41) is 0.158. The van der Waals surface area contributed by atoms with Crippen molar-refractivity contribution in [2.75, 3.05) is 5.73 Å². The molecule has 2 bridgehead atoms. The first-order valence-corrected chi connectivity index (χ1v) is 9.16. The van der Waals surface area contributed by atoms with Crippen LogP contribution in [-0.4, -0.2) is 19.4 Å². The maximum absolute atomic E-state index is 12.4. The summed E-state index contributed by atoms with van der Waals surface area (Å²) in [5.41, 5.74) is 5.52. The van der Waals surface area contributed by atoms with E-state index < -0.39 is 10.0 Å². The second-order valence-corrected chi connectivity index (χ2v) is 8.41. The van der Waals surface area contributed by atoms with E-state index in [2.05, 4.69) is 9.71 Å². The molecule has 1 aromatic heterocycles. The Balaban J connectivity index is 1.75. The molecule has 2 aliphatic rings. The lowest BCUT2D eigenvalue weighted by Crippen LogP contribution is -2.40. The molecule has 7 heteroatoms. The van der Waals surface area contributed by atoms with E-state index in [0.717, 1.165) is 12.3 Å². The van der Waals surface area contributed by atoms with Crippen LogP contribution in [0, 0.1) is 17.8 Å². The molecular formula is C14H20ClN3O2S. The number of hydrogen-bond acceptors (Lipinski definition) is 4. The van der Waals surface area contributed by atoms with Gasteiger partial charge in [0, 0.05) is 12.2 Å². The Morgan fingerprint density at radius 2 is 2.19 bits per heavy atom. The summed E-state index contributed by atoms with van der Waals surface area (Å²) < 4.78 is 27.6. The number of halogens is 1. The summed E-state index contributed by atoms with van der Waals surface area (Å²) in [4.78, 5) is 3.88. The fourth-order valence-corrected chi connectivity index (χ4v) is 5.38. The zero-order chi connectivity index (χ0) is 15.2. The van der Waals surface area contributed by atoms with Gasteiger partial charge in [-0.15, -0.1) is 0 Å². The summed E-state index contributed by atoms with van der Waals surface area (Å²) in [7, 11) is -3.61. The maximum Gasteiger partial charge on any atom is 0.242 e. The quantitative estimate of drug-likeness (QED) is 0.888. The lowest BCUT2D eigenvalue weighted by molar-refractivity contribution is 0.280. The van der Waals surface area contributed by atoms with E-state index in [1.54, 1.807) is 0 Å². The standard InChI is InChI=1S/C14H20ClN3O2S/c1-8(12-5-9-2-3-10(12)4-9)18-21(19,20)11-6-13(15)14(16)17-7-11/h6-10,12,18H,2-5H2,1H3,(H2,16,17). The number of hydrogen-bond donors (Lipinski definition) is 2. The minimum atomic E-state index is -3.61. The van der Waals surface area contributed by atoms with E-state index in [1.807, 2.05) is 6.92 Å². The summed E-state index contributed by atoms with van der Waals surface area (Å²) in [6.45, 7) is 1.95. The van der Waals surface area contributed by atoms with Crippen molar-refractivity contribution in [1.29, 1.82) is 0 Å². The molecule has 0 spiro atoms. The largest absolute Gasteiger partial charge is 0.382 e. The third-order valence-corrected chi connectivity index (χ3v) is 6.76. The van der Waals surface area contributed by atoms with Crippen LogP contribution in [0.4, 0.5) is 5.82 Å².